The Kier molecular flexibility index (Phi) is 3.54. The van der Waals surface area contributed by atoms with Crippen LogP contribution in [0.15, 0.2) is 28.5 Å². The van der Waals surface area contributed by atoms with E-state index in [-0.39, 0.29) is 11.1 Å². The summed E-state index contributed by atoms with van der Waals surface area (Å²) in [6.07, 6.45) is 0.729. The van der Waals surface area contributed by atoms with Crippen molar-refractivity contribution in [1.29, 1.82) is 0 Å². The third-order valence-electron chi connectivity index (χ3n) is 2.21. The zero-order valence-electron chi connectivity index (χ0n) is 9.51. The quantitative estimate of drug-likeness (QED) is 0.775. The number of amides is 1. The van der Waals surface area contributed by atoms with Gasteiger partial charge in [0.2, 0.25) is 5.56 Å². The standard InChI is InChI=1S/C11H11N3O3S/c1-6(15)8-5-18-11(13-8)14-10(17)7-2-3-12-9(16)4-7/h2-6,15H,1H3,(H,12,16)(H,13,14,17). The van der Waals surface area contributed by atoms with Crippen molar-refractivity contribution in [1.82, 2.24) is 9.97 Å². The molecule has 0 bridgehead atoms. The Morgan fingerprint density at radius 1 is 1.61 bits per heavy atom. The molecule has 1 unspecified atom stereocenters. The molecular formula is C11H11N3O3S. The number of aliphatic hydroxyl groups excluding tert-OH is 1. The molecule has 0 aromatic carbocycles. The van der Waals surface area contributed by atoms with Crippen LogP contribution in [0.25, 0.3) is 0 Å². The van der Waals surface area contributed by atoms with Gasteiger partial charge in [0.25, 0.3) is 5.91 Å². The molecular weight excluding hydrogens is 254 g/mol. The predicted molar refractivity (Wildman–Crippen MR) is 67.8 cm³/mol. The summed E-state index contributed by atoms with van der Waals surface area (Å²) in [5.41, 5.74) is 0.417. The minimum absolute atomic E-state index is 0.257. The van der Waals surface area contributed by atoms with E-state index in [4.69, 9.17) is 0 Å². The van der Waals surface area contributed by atoms with Crippen molar-refractivity contribution in [2.24, 2.45) is 0 Å². The van der Waals surface area contributed by atoms with Gasteiger partial charge in [-0.2, -0.15) is 0 Å². The van der Waals surface area contributed by atoms with Crippen molar-refractivity contribution in [3.05, 3.63) is 45.3 Å². The van der Waals surface area contributed by atoms with E-state index in [1.807, 2.05) is 0 Å². The van der Waals surface area contributed by atoms with E-state index in [1.165, 1.54) is 29.7 Å². The maximum absolute atomic E-state index is 11.8. The van der Waals surface area contributed by atoms with Crippen LogP contribution < -0.4 is 10.9 Å². The van der Waals surface area contributed by atoms with Crippen molar-refractivity contribution in [3.63, 3.8) is 0 Å². The van der Waals surface area contributed by atoms with Gasteiger partial charge in [0.15, 0.2) is 5.13 Å². The molecule has 0 aliphatic carbocycles. The first kappa shape index (κ1) is 12.5. The van der Waals surface area contributed by atoms with E-state index in [2.05, 4.69) is 15.3 Å². The van der Waals surface area contributed by atoms with Gasteiger partial charge in [0.1, 0.15) is 0 Å². The molecule has 94 valence electrons. The van der Waals surface area contributed by atoms with Crippen LogP contribution in [0.2, 0.25) is 0 Å². The Hall–Kier alpha value is -1.99. The predicted octanol–water partition coefficient (Wildman–Crippen LogP) is 1.14. The van der Waals surface area contributed by atoms with Crippen molar-refractivity contribution in [2.45, 2.75) is 13.0 Å². The van der Waals surface area contributed by atoms with E-state index in [0.29, 0.717) is 10.8 Å². The first-order chi connectivity index (χ1) is 8.56. The Labute approximate surface area is 106 Å². The normalized spacial score (nSPS) is 12.1. The van der Waals surface area contributed by atoms with Gasteiger partial charge in [-0.15, -0.1) is 11.3 Å². The molecule has 0 fully saturated rings. The topological polar surface area (TPSA) is 95.1 Å². The van der Waals surface area contributed by atoms with Crippen LogP contribution in [0.3, 0.4) is 0 Å². The summed E-state index contributed by atoms with van der Waals surface area (Å²) in [4.78, 5) is 29.3. The van der Waals surface area contributed by atoms with Crippen LogP contribution in [0, 0.1) is 0 Å². The van der Waals surface area contributed by atoms with Gasteiger partial charge in [-0.25, -0.2) is 4.98 Å². The second kappa shape index (κ2) is 5.11. The average molecular weight is 265 g/mol. The number of H-pyrrole nitrogens is 1. The first-order valence-corrected chi connectivity index (χ1v) is 6.08. The Morgan fingerprint density at radius 2 is 2.39 bits per heavy atom. The Bertz CT molecular complexity index is 618. The molecule has 18 heavy (non-hydrogen) atoms. The molecule has 7 heteroatoms. The zero-order valence-corrected chi connectivity index (χ0v) is 10.3. The lowest BCUT2D eigenvalue weighted by atomic mass is 10.2. The third-order valence-corrected chi connectivity index (χ3v) is 2.98. The fraction of sp³-hybridized carbons (Fsp3) is 0.182. The number of aliphatic hydroxyl groups is 1. The second-order valence-corrected chi connectivity index (χ2v) is 4.51. The zero-order chi connectivity index (χ0) is 13.1. The molecule has 2 aromatic heterocycles. The molecule has 0 aliphatic heterocycles. The number of carbonyl (C=O) groups is 1. The minimum atomic E-state index is -0.675. The number of nitrogens with zero attached hydrogens (tertiary/aromatic N) is 1. The summed E-state index contributed by atoms with van der Waals surface area (Å²) in [5.74, 6) is -0.410. The van der Waals surface area contributed by atoms with Crippen LogP contribution in [0.1, 0.15) is 29.1 Å². The number of anilines is 1. The van der Waals surface area contributed by atoms with Crippen molar-refractivity contribution < 1.29 is 9.90 Å². The molecule has 0 saturated heterocycles. The molecule has 0 spiro atoms. The lowest BCUT2D eigenvalue weighted by molar-refractivity contribution is 0.102. The molecule has 2 rings (SSSR count). The monoisotopic (exact) mass is 265 g/mol. The van der Waals surface area contributed by atoms with Gasteiger partial charge in [-0.3, -0.25) is 14.9 Å². The smallest absolute Gasteiger partial charge is 0.257 e. The molecule has 6 nitrogen and oxygen atoms in total. The number of pyridine rings is 1. The van der Waals surface area contributed by atoms with Crippen LogP contribution in [-0.4, -0.2) is 21.0 Å². The van der Waals surface area contributed by atoms with Crippen LogP contribution in [0.4, 0.5) is 5.13 Å². The highest BCUT2D eigenvalue weighted by molar-refractivity contribution is 7.14. The summed E-state index contributed by atoms with van der Waals surface area (Å²) < 4.78 is 0. The van der Waals surface area contributed by atoms with E-state index >= 15 is 0 Å². The molecule has 2 aromatic rings. The third kappa shape index (κ3) is 2.82. The van der Waals surface area contributed by atoms with E-state index in [9.17, 15) is 14.7 Å². The number of thiazole rings is 1. The molecule has 3 N–H and O–H groups in total. The largest absolute Gasteiger partial charge is 0.387 e. The number of aromatic nitrogens is 2. The molecule has 0 saturated carbocycles. The summed E-state index contributed by atoms with van der Waals surface area (Å²) in [6.45, 7) is 1.59. The van der Waals surface area contributed by atoms with Gasteiger partial charge >= 0.3 is 0 Å². The SMILES string of the molecule is CC(O)c1csc(NC(=O)c2cc[nH]c(=O)c2)n1. The van der Waals surface area contributed by atoms with E-state index in [0.717, 1.165) is 0 Å². The van der Waals surface area contributed by atoms with E-state index < -0.39 is 12.0 Å². The number of carbonyl (C=O) groups excluding carboxylic acids is 1. The maximum Gasteiger partial charge on any atom is 0.257 e. The Morgan fingerprint density at radius 3 is 3.00 bits per heavy atom. The van der Waals surface area contributed by atoms with E-state index in [1.54, 1.807) is 12.3 Å². The van der Waals surface area contributed by atoms with Crippen LogP contribution in [0.5, 0.6) is 0 Å². The van der Waals surface area contributed by atoms with Gasteiger partial charge in [-0.05, 0) is 13.0 Å². The molecule has 1 amide bonds. The summed E-state index contributed by atoms with van der Waals surface area (Å²) in [6, 6.07) is 2.71. The number of aromatic amines is 1. The van der Waals surface area contributed by atoms with Crippen molar-refractivity contribution >= 4 is 22.4 Å². The molecule has 0 aliphatic rings. The fourth-order valence-electron chi connectivity index (χ4n) is 1.29. The van der Waals surface area contributed by atoms with Crippen molar-refractivity contribution in [2.75, 3.05) is 5.32 Å². The van der Waals surface area contributed by atoms with Gasteiger partial charge in [-0.1, -0.05) is 0 Å². The summed E-state index contributed by atoms with van der Waals surface area (Å²) in [7, 11) is 0. The number of nitrogens with one attached hydrogen (secondary N) is 2. The Balaban J connectivity index is 2.13. The highest BCUT2D eigenvalue weighted by atomic mass is 32.1. The summed E-state index contributed by atoms with van der Waals surface area (Å²) >= 11 is 1.22. The van der Waals surface area contributed by atoms with Crippen LogP contribution >= 0.6 is 11.3 Å². The highest BCUT2D eigenvalue weighted by Gasteiger charge is 2.11. The average Bonchev–Trinajstić information content (AvgIpc) is 2.77. The fourth-order valence-corrected chi connectivity index (χ4v) is 2.08. The van der Waals surface area contributed by atoms with Crippen molar-refractivity contribution in [3.8, 4) is 0 Å². The molecule has 0 radical (unpaired) electrons. The lowest BCUT2D eigenvalue weighted by Crippen LogP contribution is -2.15. The number of rotatable bonds is 3. The lowest BCUT2D eigenvalue weighted by Gasteiger charge is -2.01. The minimum Gasteiger partial charge on any atom is -0.387 e. The summed E-state index contributed by atoms with van der Waals surface area (Å²) in [5, 5.41) is 13.9. The first-order valence-electron chi connectivity index (χ1n) is 5.20. The second-order valence-electron chi connectivity index (χ2n) is 3.65. The van der Waals surface area contributed by atoms with Gasteiger partial charge in [0, 0.05) is 23.2 Å². The van der Waals surface area contributed by atoms with Gasteiger partial charge in [0.05, 0.1) is 11.8 Å². The number of hydrogen-bond acceptors (Lipinski definition) is 5. The van der Waals surface area contributed by atoms with Crippen LogP contribution in [-0.2, 0) is 0 Å². The molecule has 1 atom stereocenters. The highest BCUT2D eigenvalue weighted by Crippen LogP contribution is 2.20. The number of hydrogen-bond donors (Lipinski definition) is 3. The van der Waals surface area contributed by atoms with Gasteiger partial charge < -0.3 is 10.1 Å². The molecule has 2 heterocycles. The maximum atomic E-state index is 11.8.